The topological polar surface area (TPSA) is 80.4 Å². The van der Waals surface area contributed by atoms with Crippen LogP contribution in [0.1, 0.15) is 26.5 Å². The van der Waals surface area contributed by atoms with Gasteiger partial charge in [0.05, 0.1) is 0 Å². The van der Waals surface area contributed by atoms with Crippen LogP contribution in [0.3, 0.4) is 0 Å². The van der Waals surface area contributed by atoms with Crippen LogP contribution in [-0.2, 0) is 0 Å². The number of carbonyl (C=O) groups excluding carboxylic acids is 1. The van der Waals surface area contributed by atoms with Crippen LogP contribution in [0.5, 0.6) is 0 Å². The highest BCUT2D eigenvalue weighted by atomic mass is 19.1. The Hall–Kier alpha value is -2.50. The molecular weight excluding hydrogens is 241 g/mol. The maximum absolute atomic E-state index is 13.3. The van der Waals surface area contributed by atoms with Crippen molar-refractivity contribution in [2.45, 2.75) is 6.92 Å². The molecule has 1 aromatic heterocycles. The molecule has 0 aliphatic carbocycles. The maximum atomic E-state index is 13.3. The summed E-state index contributed by atoms with van der Waals surface area (Å²) in [6, 6.07) is 3.68. The van der Waals surface area contributed by atoms with E-state index in [1.807, 2.05) is 0 Å². The molecule has 1 aromatic carbocycles. The predicted molar refractivity (Wildman–Crippen MR) is 59.0 cm³/mol. The molecule has 92 valence electrons. The third-order valence-electron chi connectivity index (χ3n) is 2.45. The fourth-order valence-electron chi connectivity index (χ4n) is 1.52. The zero-order valence-corrected chi connectivity index (χ0v) is 9.31. The lowest BCUT2D eigenvalue weighted by Crippen LogP contribution is -1.93. The van der Waals surface area contributed by atoms with E-state index in [2.05, 4.69) is 9.68 Å². The number of hydrogen-bond acceptors (Lipinski definition) is 4. The Labute approximate surface area is 101 Å². The molecule has 2 rings (SSSR count). The lowest BCUT2D eigenvalue weighted by atomic mass is 10.0. The largest absolute Gasteiger partial charge is 0.475 e. The van der Waals surface area contributed by atoms with Crippen LogP contribution in [0.25, 0.3) is 11.3 Å². The number of hydrogen-bond donors (Lipinski definition) is 1. The van der Waals surface area contributed by atoms with Gasteiger partial charge in [-0.2, -0.15) is 0 Å². The average Bonchev–Trinajstić information content (AvgIpc) is 2.81. The summed E-state index contributed by atoms with van der Waals surface area (Å²) in [5.41, 5.74) is 0.927. The van der Waals surface area contributed by atoms with Crippen molar-refractivity contribution in [3.05, 3.63) is 40.9 Å². The fourth-order valence-corrected chi connectivity index (χ4v) is 1.52. The molecule has 0 aliphatic heterocycles. The van der Waals surface area contributed by atoms with Crippen molar-refractivity contribution in [3.63, 3.8) is 0 Å². The summed E-state index contributed by atoms with van der Waals surface area (Å²) in [4.78, 5) is 21.5. The second-order valence-corrected chi connectivity index (χ2v) is 3.69. The van der Waals surface area contributed by atoms with Crippen molar-refractivity contribution < 1.29 is 23.6 Å². The van der Waals surface area contributed by atoms with E-state index in [1.54, 1.807) is 0 Å². The van der Waals surface area contributed by atoms with E-state index in [0.717, 1.165) is 6.07 Å². The van der Waals surface area contributed by atoms with E-state index < -0.39 is 11.8 Å². The summed E-state index contributed by atoms with van der Waals surface area (Å²) in [6.07, 6.45) is 0.479. The Kier molecular flexibility index (Phi) is 2.93. The molecular formula is C12H8FNO4. The molecule has 0 radical (unpaired) electrons. The minimum Gasteiger partial charge on any atom is -0.475 e. The smallest absolute Gasteiger partial charge is 0.374 e. The SMILES string of the molecule is Cc1cc(-c2cc(C(=O)O)on2)c(C=O)cc1F. The molecule has 5 nitrogen and oxygen atoms in total. The molecule has 0 atom stereocenters. The minimum absolute atomic E-state index is 0.0864. The number of carboxylic acids is 1. The summed E-state index contributed by atoms with van der Waals surface area (Å²) < 4.78 is 17.9. The fraction of sp³-hybridized carbons (Fsp3) is 0.0833. The van der Waals surface area contributed by atoms with E-state index in [-0.39, 0.29) is 17.0 Å². The first-order valence-corrected chi connectivity index (χ1v) is 4.98. The van der Waals surface area contributed by atoms with Gasteiger partial charge < -0.3 is 9.63 Å². The molecule has 0 aliphatic rings. The van der Waals surface area contributed by atoms with Crippen LogP contribution in [0.4, 0.5) is 4.39 Å². The quantitative estimate of drug-likeness (QED) is 0.844. The Bertz CT molecular complexity index is 633. The summed E-state index contributed by atoms with van der Waals surface area (Å²) in [5, 5.41) is 12.3. The van der Waals surface area contributed by atoms with E-state index in [1.165, 1.54) is 19.1 Å². The Morgan fingerprint density at radius 2 is 2.17 bits per heavy atom. The molecule has 6 heteroatoms. The number of nitrogens with zero attached hydrogens (tertiary/aromatic N) is 1. The Balaban J connectivity index is 2.58. The highest BCUT2D eigenvalue weighted by Crippen LogP contribution is 2.25. The Morgan fingerprint density at radius 3 is 2.72 bits per heavy atom. The number of aromatic nitrogens is 1. The van der Waals surface area contributed by atoms with Gasteiger partial charge in [0.2, 0.25) is 5.76 Å². The third-order valence-corrected chi connectivity index (χ3v) is 2.45. The van der Waals surface area contributed by atoms with Crippen molar-refractivity contribution in [1.29, 1.82) is 0 Å². The van der Waals surface area contributed by atoms with Gasteiger partial charge >= 0.3 is 5.97 Å². The third kappa shape index (κ3) is 2.00. The monoisotopic (exact) mass is 249 g/mol. The normalized spacial score (nSPS) is 10.3. The molecule has 1 N–H and O–H groups in total. The molecule has 18 heavy (non-hydrogen) atoms. The predicted octanol–water partition coefficient (Wildman–Crippen LogP) is 2.30. The summed E-state index contributed by atoms with van der Waals surface area (Å²) in [5.74, 6) is -2.12. The minimum atomic E-state index is -1.26. The van der Waals surface area contributed by atoms with Crippen molar-refractivity contribution in [2.24, 2.45) is 0 Å². The molecule has 0 spiro atoms. The Morgan fingerprint density at radius 1 is 1.44 bits per heavy atom. The molecule has 0 saturated carbocycles. The van der Waals surface area contributed by atoms with Crippen LogP contribution < -0.4 is 0 Å². The van der Waals surface area contributed by atoms with Crippen LogP contribution in [-0.4, -0.2) is 22.5 Å². The van der Waals surface area contributed by atoms with E-state index in [0.29, 0.717) is 17.4 Å². The van der Waals surface area contributed by atoms with Gasteiger partial charge in [-0.15, -0.1) is 0 Å². The first-order valence-electron chi connectivity index (χ1n) is 4.98. The van der Waals surface area contributed by atoms with Gasteiger partial charge in [0.25, 0.3) is 0 Å². The van der Waals surface area contributed by atoms with Crippen LogP contribution in [0.15, 0.2) is 22.7 Å². The van der Waals surface area contributed by atoms with Gasteiger partial charge in [-0.3, -0.25) is 4.79 Å². The number of halogens is 1. The van der Waals surface area contributed by atoms with Crippen molar-refractivity contribution in [2.75, 3.05) is 0 Å². The van der Waals surface area contributed by atoms with Gasteiger partial charge in [0.15, 0.2) is 6.29 Å². The highest BCUT2D eigenvalue weighted by molar-refractivity contribution is 5.89. The molecule has 0 fully saturated rings. The molecule has 1 heterocycles. The molecule has 0 unspecified atom stereocenters. The zero-order valence-electron chi connectivity index (χ0n) is 9.31. The van der Waals surface area contributed by atoms with Crippen LogP contribution in [0, 0.1) is 12.7 Å². The number of aldehydes is 1. The van der Waals surface area contributed by atoms with Crippen LogP contribution in [0.2, 0.25) is 0 Å². The number of rotatable bonds is 3. The maximum Gasteiger partial charge on any atom is 0.374 e. The van der Waals surface area contributed by atoms with Gasteiger partial charge in [-0.25, -0.2) is 9.18 Å². The van der Waals surface area contributed by atoms with Gasteiger partial charge in [-0.1, -0.05) is 5.16 Å². The standard InChI is InChI=1S/C12H8FNO4/c1-6-2-8(7(5-15)3-9(6)13)10-4-11(12(16)17)18-14-10/h2-5H,1H3,(H,16,17). The number of aryl methyl sites for hydroxylation is 1. The summed E-state index contributed by atoms with van der Waals surface area (Å²) >= 11 is 0. The summed E-state index contributed by atoms with van der Waals surface area (Å²) in [6.45, 7) is 1.53. The first-order chi connectivity index (χ1) is 8.52. The van der Waals surface area contributed by atoms with E-state index >= 15 is 0 Å². The molecule has 0 bridgehead atoms. The number of aromatic carboxylic acids is 1. The molecule has 2 aromatic rings. The van der Waals surface area contributed by atoms with E-state index in [9.17, 15) is 14.0 Å². The summed E-state index contributed by atoms with van der Waals surface area (Å²) in [7, 11) is 0. The zero-order chi connectivity index (χ0) is 13.3. The van der Waals surface area contributed by atoms with Crippen molar-refractivity contribution in [3.8, 4) is 11.3 Å². The second-order valence-electron chi connectivity index (χ2n) is 3.69. The lowest BCUT2D eigenvalue weighted by Gasteiger charge is -2.03. The number of carbonyl (C=O) groups is 2. The van der Waals surface area contributed by atoms with Crippen LogP contribution >= 0.6 is 0 Å². The van der Waals surface area contributed by atoms with Gasteiger partial charge in [-0.05, 0) is 24.6 Å². The lowest BCUT2D eigenvalue weighted by molar-refractivity contribution is 0.0652. The highest BCUT2D eigenvalue weighted by Gasteiger charge is 2.16. The van der Waals surface area contributed by atoms with Gasteiger partial charge in [0.1, 0.15) is 11.5 Å². The first kappa shape index (κ1) is 12.0. The van der Waals surface area contributed by atoms with Crippen molar-refractivity contribution in [1.82, 2.24) is 5.16 Å². The average molecular weight is 249 g/mol. The van der Waals surface area contributed by atoms with Gasteiger partial charge in [0, 0.05) is 17.2 Å². The van der Waals surface area contributed by atoms with E-state index in [4.69, 9.17) is 5.11 Å². The van der Waals surface area contributed by atoms with Crippen molar-refractivity contribution >= 4 is 12.3 Å². The second kappa shape index (κ2) is 4.40. The number of benzene rings is 1. The molecule has 0 amide bonds. The molecule has 0 saturated heterocycles. The number of carboxylic acid groups (broad SMARTS) is 1.